The maximum Gasteiger partial charge on any atom is 0.336 e. The molecule has 0 saturated carbocycles. The molecule has 0 spiro atoms. The third-order valence-corrected chi connectivity index (χ3v) is 2.62. The molecule has 2 rings (SSSR count). The number of benzene rings is 1. The Morgan fingerprint density at radius 1 is 1.50 bits per heavy atom. The Kier molecular flexibility index (Phi) is 2.66. The van der Waals surface area contributed by atoms with Crippen molar-refractivity contribution in [1.29, 1.82) is 0 Å². The number of nitrogens with zero attached hydrogens (tertiary/aromatic N) is 1. The van der Waals surface area contributed by atoms with Crippen LogP contribution in [0.25, 0.3) is 10.9 Å². The molecule has 0 unspecified atom stereocenters. The van der Waals surface area contributed by atoms with Crippen molar-refractivity contribution >= 4 is 16.9 Å². The lowest BCUT2D eigenvalue weighted by Crippen LogP contribution is -1.98. The summed E-state index contributed by atoms with van der Waals surface area (Å²) in [6, 6.07) is 5.27. The fraction of sp³-hybridized carbons (Fsp3) is 0.250. The maximum absolute atomic E-state index is 11.1. The lowest BCUT2D eigenvalue weighted by Gasteiger charge is -2.01. The van der Waals surface area contributed by atoms with Gasteiger partial charge in [-0.05, 0) is 12.1 Å². The van der Waals surface area contributed by atoms with Crippen LogP contribution in [0.15, 0.2) is 24.4 Å². The largest absolute Gasteiger partial charge is 0.478 e. The zero-order valence-electron chi connectivity index (χ0n) is 9.23. The van der Waals surface area contributed by atoms with Gasteiger partial charge in [-0.1, -0.05) is 6.07 Å². The number of hydrogen-bond donors (Lipinski definition) is 1. The van der Waals surface area contributed by atoms with Crippen molar-refractivity contribution in [2.24, 2.45) is 7.05 Å². The first-order valence-corrected chi connectivity index (χ1v) is 4.94. The van der Waals surface area contributed by atoms with Gasteiger partial charge in [0.2, 0.25) is 0 Å². The number of fused-ring (bicyclic) bond motifs is 1. The van der Waals surface area contributed by atoms with E-state index in [9.17, 15) is 4.79 Å². The van der Waals surface area contributed by atoms with Crippen LogP contribution in [0.5, 0.6) is 0 Å². The highest BCUT2D eigenvalue weighted by atomic mass is 16.5. The van der Waals surface area contributed by atoms with Crippen molar-refractivity contribution in [1.82, 2.24) is 4.57 Å². The molecule has 1 aromatic heterocycles. The normalized spacial score (nSPS) is 10.9. The first-order valence-electron chi connectivity index (χ1n) is 4.94. The van der Waals surface area contributed by atoms with Crippen molar-refractivity contribution in [3.63, 3.8) is 0 Å². The summed E-state index contributed by atoms with van der Waals surface area (Å²) < 4.78 is 6.99. The lowest BCUT2D eigenvalue weighted by atomic mass is 10.1. The number of carboxylic acid groups (broad SMARTS) is 1. The quantitative estimate of drug-likeness (QED) is 0.859. The predicted molar refractivity (Wildman–Crippen MR) is 60.6 cm³/mol. The first-order chi connectivity index (χ1) is 7.65. The number of hydrogen-bond acceptors (Lipinski definition) is 2. The van der Waals surface area contributed by atoms with Crippen molar-refractivity contribution in [3.8, 4) is 0 Å². The standard InChI is InChI=1S/C12H13NO3/c1-13-6-8(7-16-2)11-9(12(14)15)4-3-5-10(11)13/h3-6H,7H2,1-2H3,(H,14,15). The maximum atomic E-state index is 11.1. The Balaban J connectivity index is 2.77. The number of ether oxygens (including phenoxy) is 1. The van der Waals surface area contributed by atoms with E-state index in [1.54, 1.807) is 19.2 Å². The Morgan fingerprint density at radius 3 is 2.88 bits per heavy atom. The van der Waals surface area contributed by atoms with E-state index in [1.807, 2.05) is 23.9 Å². The van der Waals surface area contributed by atoms with Gasteiger partial charge in [0.1, 0.15) is 0 Å². The Hall–Kier alpha value is -1.81. The fourth-order valence-corrected chi connectivity index (χ4v) is 1.98. The number of rotatable bonds is 3. The van der Waals surface area contributed by atoms with Crippen molar-refractivity contribution in [2.45, 2.75) is 6.61 Å². The van der Waals surface area contributed by atoms with E-state index in [0.717, 1.165) is 16.5 Å². The van der Waals surface area contributed by atoms with E-state index >= 15 is 0 Å². The molecule has 0 saturated heterocycles. The van der Waals surface area contributed by atoms with Crippen LogP contribution in [0.1, 0.15) is 15.9 Å². The summed E-state index contributed by atoms with van der Waals surface area (Å²) in [5.41, 5.74) is 2.13. The minimum Gasteiger partial charge on any atom is -0.478 e. The molecule has 0 aliphatic carbocycles. The highest BCUT2D eigenvalue weighted by Gasteiger charge is 2.14. The van der Waals surface area contributed by atoms with Gasteiger partial charge < -0.3 is 14.4 Å². The number of aromatic carboxylic acids is 1. The lowest BCUT2D eigenvalue weighted by molar-refractivity contribution is 0.0699. The first kappa shape index (κ1) is 10.7. The molecule has 0 atom stereocenters. The number of carbonyl (C=O) groups is 1. The zero-order chi connectivity index (χ0) is 11.7. The van der Waals surface area contributed by atoms with Crippen molar-refractivity contribution in [3.05, 3.63) is 35.5 Å². The highest BCUT2D eigenvalue weighted by molar-refractivity contribution is 6.04. The van der Waals surface area contributed by atoms with Gasteiger partial charge in [0.05, 0.1) is 12.2 Å². The summed E-state index contributed by atoms with van der Waals surface area (Å²) in [7, 11) is 3.50. The van der Waals surface area contributed by atoms with Crippen molar-refractivity contribution in [2.75, 3.05) is 7.11 Å². The molecule has 0 aliphatic rings. The van der Waals surface area contributed by atoms with E-state index in [2.05, 4.69) is 0 Å². The molecule has 4 heteroatoms. The summed E-state index contributed by atoms with van der Waals surface area (Å²) in [6.07, 6.45) is 1.90. The van der Waals surface area contributed by atoms with Gasteiger partial charge in [0.15, 0.2) is 0 Å². The van der Waals surface area contributed by atoms with Crippen LogP contribution >= 0.6 is 0 Å². The molecular formula is C12H13NO3. The summed E-state index contributed by atoms with van der Waals surface area (Å²) in [4.78, 5) is 11.1. The summed E-state index contributed by atoms with van der Waals surface area (Å²) in [6.45, 7) is 0.418. The highest BCUT2D eigenvalue weighted by Crippen LogP contribution is 2.25. The van der Waals surface area contributed by atoms with Crippen LogP contribution in [-0.4, -0.2) is 22.8 Å². The molecule has 1 heterocycles. The average molecular weight is 219 g/mol. The van der Waals surface area contributed by atoms with Gasteiger partial charge in [-0.25, -0.2) is 4.79 Å². The fourth-order valence-electron chi connectivity index (χ4n) is 1.98. The van der Waals surface area contributed by atoms with Crippen LogP contribution in [0.2, 0.25) is 0 Å². The molecule has 0 radical (unpaired) electrons. The molecule has 16 heavy (non-hydrogen) atoms. The predicted octanol–water partition coefficient (Wildman–Crippen LogP) is 2.02. The third kappa shape index (κ3) is 1.57. The van der Waals surface area contributed by atoms with Crippen LogP contribution in [-0.2, 0) is 18.4 Å². The molecule has 4 nitrogen and oxygen atoms in total. The van der Waals surface area contributed by atoms with Gasteiger partial charge in [-0.2, -0.15) is 0 Å². The molecular weight excluding hydrogens is 206 g/mol. The van der Waals surface area contributed by atoms with E-state index in [-0.39, 0.29) is 0 Å². The van der Waals surface area contributed by atoms with E-state index < -0.39 is 5.97 Å². The Labute approximate surface area is 93.1 Å². The molecule has 84 valence electrons. The van der Waals surface area contributed by atoms with Gasteiger partial charge in [0.25, 0.3) is 0 Å². The molecule has 0 fully saturated rings. The van der Waals surface area contributed by atoms with E-state index in [1.165, 1.54) is 0 Å². The second-order valence-corrected chi connectivity index (χ2v) is 3.70. The smallest absolute Gasteiger partial charge is 0.336 e. The van der Waals surface area contributed by atoms with Gasteiger partial charge in [-0.15, -0.1) is 0 Å². The summed E-state index contributed by atoms with van der Waals surface area (Å²) in [5, 5.41) is 9.90. The monoisotopic (exact) mass is 219 g/mol. The van der Waals surface area contributed by atoms with Crippen LogP contribution in [0.3, 0.4) is 0 Å². The van der Waals surface area contributed by atoms with Gasteiger partial charge >= 0.3 is 5.97 Å². The number of carboxylic acids is 1. The SMILES string of the molecule is COCc1cn(C)c2cccc(C(=O)O)c12. The summed E-state index contributed by atoms with van der Waals surface area (Å²) >= 11 is 0. The van der Waals surface area contributed by atoms with Gasteiger partial charge in [-0.3, -0.25) is 0 Å². The van der Waals surface area contributed by atoms with Crippen molar-refractivity contribution < 1.29 is 14.6 Å². The minimum atomic E-state index is -0.908. The Morgan fingerprint density at radius 2 is 2.25 bits per heavy atom. The van der Waals surface area contributed by atoms with Crippen LogP contribution in [0, 0.1) is 0 Å². The van der Waals surface area contributed by atoms with E-state index in [0.29, 0.717) is 12.2 Å². The molecule has 0 bridgehead atoms. The molecule has 2 aromatic rings. The average Bonchev–Trinajstić information content (AvgIpc) is 2.57. The topological polar surface area (TPSA) is 51.5 Å². The number of aromatic nitrogens is 1. The minimum absolute atomic E-state index is 0.324. The van der Waals surface area contributed by atoms with Crippen LogP contribution < -0.4 is 0 Å². The van der Waals surface area contributed by atoms with Crippen LogP contribution in [0.4, 0.5) is 0 Å². The van der Waals surface area contributed by atoms with Gasteiger partial charge in [0, 0.05) is 36.8 Å². The zero-order valence-corrected chi connectivity index (χ0v) is 9.23. The second kappa shape index (κ2) is 3.98. The molecule has 0 aliphatic heterocycles. The second-order valence-electron chi connectivity index (χ2n) is 3.70. The molecule has 0 amide bonds. The summed E-state index contributed by atoms with van der Waals surface area (Å²) in [5.74, 6) is -0.908. The number of aryl methyl sites for hydroxylation is 1. The molecule has 1 N–H and O–H groups in total. The number of methoxy groups -OCH3 is 1. The van der Waals surface area contributed by atoms with E-state index in [4.69, 9.17) is 9.84 Å². The third-order valence-electron chi connectivity index (χ3n) is 2.62. The Bertz CT molecular complexity index is 542. The molecule has 1 aromatic carbocycles.